The SMILES string of the molecule is CCC1CN(c2ccc(C(C)=O)cc2Cl)CCN1C. The molecule has 0 radical (unpaired) electrons. The van der Waals surface area contributed by atoms with Crippen molar-refractivity contribution in [2.75, 3.05) is 31.6 Å². The van der Waals surface area contributed by atoms with Gasteiger partial charge >= 0.3 is 0 Å². The van der Waals surface area contributed by atoms with Gasteiger partial charge in [-0.2, -0.15) is 0 Å². The van der Waals surface area contributed by atoms with Crippen molar-refractivity contribution in [2.24, 2.45) is 0 Å². The molecular weight excluding hydrogens is 260 g/mol. The molecule has 1 aromatic carbocycles. The number of benzene rings is 1. The highest BCUT2D eigenvalue weighted by Gasteiger charge is 2.24. The normalized spacial score (nSPS) is 20.6. The summed E-state index contributed by atoms with van der Waals surface area (Å²) in [5.74, 6) is 0.0539. The third kappa shape index (κ3) is 3.10. The molecule has 2 rings (SSSR count). The molecule has 0 aliphatic carbocycles. The van der Waals surface area contributed by atoms with E-state index in [1.807, 2.05) is 12.1 Å². The fraction of sp³-hybridized carbons (Fsp3) is 0.533. The number of likely N-dealkylation sites (N-methyl/N-ethyl adjacent to an activating group) is 1. The van der Waals surface area contributed by atoms with Crippen LogP contribution in [-0.4, -0.2) is 43.4 Å². The number of carbonyl (C=O) groups is 1. The van der Waals surface area contributed by atoms with Crippen molar-refractivity contribution >= 4 is 23.1 Å². The number of halogens is 1. The van der Waals surface area contributed by atoms with E-state index in [0.29, 0.717) is 16.6 Å². The number of piperazine rings is 1. The zero-order chi connectivity index (χ0) is 14.0. The van der Waals surface area contributed by atoms with E-state index in [4.69, 9.17) is 11.6 Å². The molecule has 0 aromatic heterocycles. The van der Waals surface area contributed by atoms with Crippen molar-refractivity contribution in [2.45, 2.75) is 26.3 Å². The molecule has 1 aliphatic rings. The Morgan fingerprint density at radius 2 is 2.16 bits per heavy atom. The van der Waals surface area contributed by atoms with E-state index in [1.54, 1.807) is 13.0 Å². The smallest absolute Gasteiger partial charge is 0.159 e. The van der Waals surface area contributed by atoms with Crippen LogP contribution in [0.15, 0.2) is 18.2 Å². The number of nitrogens with zero attached hydrogens (tertiary/aromatic N) is 2. The van der Waals surface area contributed by atoms with Gasteiger partial charge in [-0.25, -0.2) is 0 Å². The second kappa shape index (κ2) is 5.93. The van der Waals surface area contributed by atoms with Crippen molar-refractivity contribution in [1.29, 1.82) is 0 Å². The van der Waals surface area contributed by atoms with Gasteiger partial charge < -0.3 is 4.90 Å². The zero-order valence-corrected chi connectivity index (χ0v) is 12.6. The number of anilines is 1. The molecule has 0 amide bonds. The van der Waals surface area contributed by atoms with E-state index in [1.165, 1.54) is 0 Å². The van der Waals surface area contributed by atoms with Crippen LogP contribution in [0.4, 0.5) is 5.69 Å². The number of hydrogen-bond donors (Lipinski definition) is 0. The molecule has 0 saturated carbocycles. The molecule has 1 heterocycles. The third-order valence-electron chi connectivity index (χ3n) is 3.94. The number of hydrogen-bond acceptors (Lipinski definition) is 3. The van der Waals surface area contributed by atoms with E-state index in [9.17, 15) is 4.79 Å². The van der Waals surface area contributed by atoms with Crippen LogP contribution >= 0.6 is 11.6 Å². The first-order valence-corrected chi connectivity index (χ1v) is 7.16. The van der Waals surface area contributed by atoms with Crippen LogP contribution in [0, 0.1) is 0 Å². The second-order valence-corrected chi connectivity index (χ2v) is 5.62. The van der Waals surface area contributed by atoms with Crippen molar-refractivity contribution in [3.63, 3.8) is 0 Å². The summed E-state index contributed by atoms with van der Waals surface area (Å²) in [6.07, 6.45) is 1.14. The highest BCUT2D eigenvalue weighted by molar-refractivity contribution is 6.33. The maximum atomic E-state index is 11.3. The Balaban J connectivity index is 2.20. The van der Waals surface area contributed by atoms with E-state index in [0.717, 1.165) is 31.7 Å². The van der Waals surface area contributed by atoms with Gasteiger partial charge in [-0.15, -0.1) is 0 Å². The first-order chi connectivity index (χ1) is 9.02. The summed E-state index contributed by atoms with van der Waals surface area (Å²) < 4.78 is 0. The standard InChI is InChI=1S/C15H21ClN2O/c1-4-13-10-18(8-7-17(13)3)15-6-5-12(11(2)19)9-14(15)16/h5-6,9,13H,4,7-8,10H2,1-3H3. The highest BCUT2D eigenvalue weighted by Crippen LogP contribution is 2.29. The van der Waals surface area contributed by atoms with Crippen LogP contribution in [0.2, 0.25) is 5.02 Å². The van der Waals surface area contributed by atoms with Gasteiger partial charge in [0.15, 0.2) is 5.78 Å². The maximum absolute atomic E-state index is 11.3. The lowest BCUT2D eigenvalue weighted by Crippen LogP contribution is -2.51. The molecule has 19 heavy (non-hydrogen) atoms. The zero-order valence-electron chi connectivity index (χ0n) is 11.8. The van der Waals surface area contributed by atoms with Gasteiger partial charge in [-0.05, 0) is 38.6 Å². The first-order valence-electron chi connectivity index (χ1n) is 6.78. The molecule has 3 nitrogen and oxygen atoms in total. The largest absolute Gasteiger partial charge is 0.367 e. The number of rotatable bonds is 3. The predicted molar refractivity (Wildman–Crippen MR) is 80.4 cm³/mol. The first kappa shape index (κ1) is 14.4. The Kier molecular flexibility index (Phi) is 4.48. The minimum atomic E-state index is 0.0539. The molecule has 104 valence electrons. The highest BCUT2D eigenvalue weighted by atomic mass is 35.5. The van der Waals surface area contributed by atoms with Crippen molar-refractivity contribution in [1.82, 2.24) is 4.90 Å². The summed E-state index contributed by atoms with van der Waals surface area (Å²) in [4.78, 5) is 16.1. The molecular formula is C15H21ClN2O. The fourth-order valence-corrected chi connectivity index (χ4v) is 2.89. The summed E-state index contributed by atoms with van der Waals surface area (Å²) in [5, 5.41) is 0.673. The molecule has 1 atom stereocenters. The summed E-state index contributed by atoms with van der Waals surface area (Å²) >= 11 is 6.33. The third-order valence-corrected chi connectivity index (χ3v) is 4.25. The molecule has 4 heteroatoms. The van der Waals surface area contributed by atoms with Gasteiger partial charge in [0.25, 0.3) is 0 Å². The van der Waals surface area contributed by atoms with Gasteiger partial charge in [-0.3, -0.25) is 9.69 Å². The van der Waals surface area contributed by atoms with E-state index >= 15 is 0 Å². The molecule has 0 spiro atoms. The number of ketones is 1. The van der Waals surface area contributed by atoms with Gasteiger partial charge in [0.2, 0.25) is 0 Å². The summed E-state index contributed by atoms with van der Waals surface area (Å²) in [6, 6.07) is 6.18. The van der Waals surface area contributed by atoms with Crippen LogP contribution in [0.25, 0.3) is 0 Å². The Hall–Kier alpha value is -1.06. The topological polar surface area (TPSA) is 23.6 Å². The van der Waals surface area contributed by atoms with Crippen LogP contribution in [0.5, 0.6) is 0 Å². The maximum Gasteiger partial charge on any atom is 0.159 e. The fourth-order valence-electron chi connectivity index (χ4n) is 2.59. The molecule has 0 bridgehead atoms. The van der Waals surface area contributed by atoms with Crippen LogP contribution in [0.1, 0.15) is 30.6 Å². The molecule has 1 aromatic rings. The molecule has 1 unspecified atom stereocenters. The second-order valence-electron chi connectivity index (χ2n) is 5.21. The number of carbonyl (C=O) groups excluding carboxylic acids is 1. The number of Topliss-reactive ketones (excluding diaryl/α,β-unsaturated/α-hetero) is 1. The van der Waals surface area contributed by atoms with Crippen molar-refractivity contribution in [3.05, 3.63) is 28.8 Å². The molecule has 0 N–H and O–H groups in total. The van der Waals surface area contributed by atoms with Crippen LogP contribution < -0.4 is 4.90 Å². The Morgan fingerprint density at radius 1 is 1.42 bits per heavy atom. The van der Waals surface area contributed by atoms with Crippen LogP contribution in [-0.2, 0) is 0 Å². The van der Waals surface area contributed by atoms with E-state index < -0.39 is 0 Å². The molecule has 1 saturated heterocycles. The lowest BCUT2D eigenvalue weighted by atomic mass is 10.1. The quantitative estimate of drug-likeness (QED) is 0.795. The molecule has 1 aliphatic heterocycles. The monoisotopic (exact) mass is 280 g/mol. The summed E-state index contributed by atoms with van der Waals surface area (Å²) in [6.45, 7) is 6.79. The lowest BCUT2D eigenvalue weighted by molar-refractivity contribution is 0.101. The average Bonchev–Trinajstić information content (AvgIpc) is 2.39. The molecule has 1 fully saturated rings. The minimum absolute atomic E-state index is 0.0539. The van der Waals surface area contributed by atoms with Crippen molar-refractivity contribution in [3.8, 4) is 0 Å². The Bertz CT molecular complexity index is 475. The van der Waals surface area contributed by atoms with Crippen LogP contribution in [0.3, 0.4) is 0 Å². The van der Waals surface area contributed by atoms with E-state index in [2.05, 4.69) is 23.8 Å². The average molecular weight is 281 g/mol. The van der Waals surface area contributed by atoms with Gasteiger partial charge in [0, 0.05) is 31.2 Å². The van der Waals surface area contributed by atoms with Crippen molar-refractivity contribution < 1.29 is 4.79 Å². The van der Waals surface area contributed by atoms with E-state index in [-0.39, 0.29) is 5.78 Å². The Labute approximate surface area is 120 Å². The minimum Gasteiger partial charge on any atom is -0.367 e. The van der Waals surface area contributed by atoms with Gasteiger partial charge in [0.1, 0.15) is 0 Å². The van der Waals surface area contributed by atoms with Gasteiger partial charge in [-0.1, -0.05) is 18.5 Å². The summed E-state index contributed by atoms with van der Waals surface area (Å²) in [7, 11) is 2.17. The lowest BCUT2D eigenvalue weighted by Gasteiger charge is -2.40. The predicted octanol–water partition coefficient (Wildman–Crippen LogP) is 3.07. The summed E-state index contributed by atoms with van der Waals surface area (Å²) in [5.41, 5.74) is 1.72. The Morgan fingerprint density at radius 3 is 2.74 bits per heavy atom. The van der Waals surface area contributed by atoms with Gasteiger partial charge in [0.05, 0.1) is 10.7 Å².